The van der Waals surface area contributed by atoms with Crippen LogP contribution in [0.15, 0.2) is 47.3 Å². The van der Waals surface area contributed by atoms with Crippen LogP contribution in [0.1, 0.15) is 16.1 Å². The summed E-state index contributed by atoms with van der Waals surface area (Å²) in [7, 11) is 0. The van der Waals surface area contributed by atoms with Crippen LogP contribution in [-0.2, 0) is 6.61 Å². The van der Waals surface area contributed by atoms with Crippen molar-refractivity contribution in [1.82, 2.24) is 4.98 Å². The fraction of sp³-hybridized carbons (Fsp3) is 0.0588. The van der Waals surface area contributed by atoms with Gasteiger partial charge in [0.1, 0.15) is 12.4 Å². The second-order valence-electron chi connectivity index (χ2n) is 4.97. The first-order chi connectivity index (χ1) is 12.0. The Labute approximate surface area is 144 Å². The summed E-state index contributed by atoms with van der Waals surface area (Å²) in [6, 6.07) is 7.88. The predicted octanol–water partition coefficient (Wildman–Crippen LogP) is 4.39. The predicted molar refractivity (Wildman–Crippen MR) is 87.2 cm³/mol. The lowest BCUT2D eigenvalue weighted by Gasteiger charge is -2.09. The number of carbonyl (C=O) groups excluding carboxylic acids is 1. The molecule has 0 aliphatic heterocycles. The first kappa shape index (κ1) is 17.0. The zero-order valence-corrected chi connectivity index (χ0v) is 13.4. The average Bonchev–Trinajstić information content (AvgIpc) is 3.14. The minimum Gasteiger partial charge on any atom is -0.487 e. The summed E-state index contributed by atoms with van der Waals surface area (Å²) in [4.78, 5) is 16.3. The number of aromatic nitrogens is 1. The first-order valence-electron chi connectivity index (χ1n) is 7.09. The number of halogens is 3. The molecule has 0 bridgehead atoms. The van der Waals surface area contributed by atoms with Crippen molar-refractivity contribution in [2.45, 2.75) is 6.61 Å². The van der Waals surface area contributed by atoms with Gasteiger partial charge in [-0.3, -0.25) is 4.79 Å². The minimum absolute atomic E-state index is 0.180. The average molecular weight is 364 g/mol. The number of ether oxygens (including phenoxy) is 1. The topological polar surface area (TPSA) is 51.2 Å². The summed E-state index contributed by atoms with van der Waals surface area (Å²) in [5.41, 5.74) is 2.17. The van der Waals surface area contributed by atoms with Gasteiger partial charge in [0, 0.05) is 10.9 Å². The van der Waals surface area contributed by atoms with Crippen molar-refractivity contribution >= 4 is 22.9 Å². The van der Waals surface area contributed by atoms with Crippen LogP contribution in [0.2, 0.25) is 0 Å². The van der Waals surface area contributed by atoms with E-state index in [0.717, 1.165) is 17.8 Å². The Morgan fingerprint density at radius 1 is 1.16 bits per heavy atom. The molecule has 8 heteroatoms. The summed E-state index contributed by atoms with van der Waals surface area (Å²) in [6.45, 7) is 0.242. The number of benzene rings is 2. The Kier molecular flexibility index (Phi) is 4.99. The van der Waals surface area contributed by atoms with Gasteiger partial charge in [0.05, 0.1) is 16.9 Å². The van der Waals surface area contributed by atoms with Crippen LogP contribution in [0.3, 0.4) is 0 Å². The molecule has 0 unspecified atom stereocenters. The summed E-state index contributed by atoms with van der Waals surface area (Å²) in [5, 5.41) is 4.04. The molecular formula is C17H11F3N2O2S. The molecule has 25 heavy (non-hydrogen) atoms. The summed E-state index contributed by atoms with van der Waals surface area (Å²) in [5.74, 6) is -4.68. The molecule has 1 heterocycles. The van der Waals surface area contributed by atoms with Crippen LogP contribution in [0.5, 0.6) is 5.75 Å². The molecule has 0 radical (unpaired) electrons. The Hall–Kier alpha value is -2.87. The van der Waals surface area contributed by atoms with Crippen molar-refractivity contribution in [2.24, 2.45) is 0 Å². The molecule has 3 rings (SSSR count). The molecule has 0 fully saturated rings. The van der Waals surface area contributed by atoms with E-state index in [2.05, 4.69) is 10.3 Å². The number of thiazole rings is 1. The SMILES string of the molecule is O=C(Nc1ccc(F)c(F)c1F)c1cccc(OCc2cscn2)c1. The summed E-state index contributed by atoms with van der Waals surface area (Å²) >= 11 is 1.44. The Morgan fingerprint density at radius 2 is 2.00 bits per heavy atom. The molecule has 0 spiro atoms. The number of nitrogens with zero attached hydrogens (tertiary/aromatic N) is 1. The van der Waals surface area contributed by atoms with Gasteiger partial charge in [-0.05, 0) is 30.3 Å². The lowest BCUT2D eigenvalue weighted by atomic mass is 10.2. The molecular weight excluding hydrogens is 353 g/mol. The molecule has 128 valence electrons. The number of rotatable bonds is 5. The van der Waals surface area contributed by atoms with E-state index in [1.807, 2.05) is 5.38 Å². The van der Waals surface area contributed by atoms with Crippen molar-refractivity contribution < 1.29 is 22.7 Å². The fourth-order valence-electron chi connectivity index (χ4n) is 2.01. The summed E-state index contributed by atoms with van der Waals surface area (Å²) < 4.78 is 45.3. The van der Waals surface area contributed by atoms with Crippen LogP contribution in [0.25, 0.3) is 0 Å². The molecule has 0 aliphatic rings. The fourth-order valence-corrected chi connectivity index (χ4v) is 2.55. The van der Waals surface area contributed by atoms with Gasteiger partial charge in [-0.1, -0.05) is 6.07 Å². The highest BCUT2D eigenvalue weighted by Gasteiger charge is 2.16. The normalized spacial score (nSPS) is 10.5. The molecule has 0 aliphatic carbocycles. The van der Waals surface area contributed by atoms with E-state index < -0.39 is 29.0 Å². The van der Waals surface area contributed by atoms with Gasteiger partial charge in [0.15, 0.2) is 17.5 Å². The van der Waals surface area contributed by atoms with Gasteiger partial charge in [0.25, 0.3) is 5.91 Å². The van der Waals surface area contributed by atoms with E-state index in [0.29, 0.717) is 5.75 Å². The van der Waals surface area contributed by atoms with Gasteiger partial charge >= 0.3 is 0 Å². The number of hydrogen-bond acceptors (Lipinski definition) is 4. The van der Waals surface area contributed by atoms with Gasteiger partial charge in [-0.25, -0.2) is 18.2 Å². The second-order valence-corrected chi connectivity index (χ2v) is 5.69. The molecule has 4 nitrogen and oxygen atoms in total. The van der Waals surface area contributed by atoms with Crippen LogP contribution >= 0.6 is 11.3 Å². The van der Waals surface area contributed by atoms with E-state index in [1.165, 1.54) is 23.5 Å². The summed E-state index contributed by atoms with van der Waals surface area (Å²) in [6.07, 6.45) is 0. The number of nitrogens with one attached hydrogen (secondary N) is 1. The van der Waals surface area contributed by atoms with Gasteiger partial charge < -0.3 is 10.1 Å². The quantitative estimate of drug-likeness (QED) is 0.683. The molecule has 0 saturated carbocycles. The highest BCUT2D eigenvalue weighted by Crippen LogP contribution is 2.21. The Morgan fingerprint density at radius 3 is 2.76 bits per heavy atom. The van der Waals surface area contributed by atoms with Crippen LogP contribution in [-0.4, -0.2) is 10.9 Å². The van der Waals surface area contributed by atoms with E-state index in [9.17, 15) is 18.0 Å². The van der Waals surface area contributed by atoms with Gasteiger partial charge in [0.2, 0.25) is 0 Å². The largest absolute Gasteiger partial charge is 0.487 e. The van der Waals surface area contributed by atoms with Crippen molar-refractivity contribution in [3.8, 4) is 5.75 Å². The zero-order valence-electron chi connectivity index (χ0n) is 12.6. The van der Waals surface area contributed by atoms with Crippen molar-refractivity contribution in [3.05, 3.63) is 76.0 Å². The smallest absolute Gasteiger partial charge is 0.255 e. The van der Waals surface area contributed by atoms with E-state index in [1.54, 1.807) is 17.6 Å². The zero-order chi connectivity index (χ0) is 17.8. The van der Waals surface area contributed by atoms with Crippen molar-refractivity contribution in [1.29, 1.82) is 0 Å². The monoisotopic (exact) mass is 364 g/mol. The van der Waals surface area contributed by atoms with E-state index in [4.69, 9.17) is 4.74 Å². The van der Waals surface area contributed by atoms with E-state index >= 15 is 0 Å². The molecule has 1 amide bonds. The maximum atomic E-state index is 13.6. The number of carbonyl (C=O) groups is 1. The highest BCUT2D eigenvalue weighted by molar-refractivity contribution is 7.07. The lowest BCUT2D eigenvalue weighted by Crippen LogP contribution is -2.14. The number of amides is 1. The third-order valence-corrected chi connectivity index (χ3v) is 3.89. The third-order valence-electron chi connectivity index (χ3n) is 3.25. The minimum atomic E-state index is -1.64. The van der Waals surface area contributed by atoms with Crippen molar-refractivity contribution in [2.75, 3.05) is 5.32 Å². The number of hydrogen-bond donors (Lipinski definition) is 1. The highest BCUT2D eigenvalue weighted by atomic mass is 32.1. The van der Waals surface area contributed by atoms with Crippen LogP contribution < -0.4 is 10.1 Å². The van der Waals surface area contributed by atoms with Crippen molar-refractivity contribution in [3.63, 3.8) is 0 Å². The Balaban J connectivity index is 1.72. The van der Waals surface area contributed by atoms with Gasteiger partial charge in [-0.2, -0.15) is 0 Å². The Bertz CT molecular complexity index is 901. The molecule has 0 atom stereocenters. The maximum Gasteiger partial charge on any atom is 0.255 e. The van der Waals surface area contributed by atoms with Crippen LogP contribution in [0, 0.1) is 17.5 Å². The number of anilines is 1. The maximum absolute atomic E-state index is 13.6. The molecule has 3 aromatic rings. The molecule has 0 saturated heterocycles. The van der Waals surface area contributed by atoms with E-state index in [-0.39, 0.29) is 12.2 Å². The molecule has 1 N–H and O–H groups in total. The molecule has 2 aromatic carbocycles. The lowest BCUT2D eigenvalue weighted by molar-refractivity contribution is 0.102. The molecule has 1 aromatic heterocycles. The first-order valence-corrected chi connectivity index (χ1v) is 8.03. The second kappa shape index (κ2) is 7.35. The van der Waals surface area contributed by atoms with Crippen LogP contribution in [0.4, 0.5) is 18.9 Å². The third kappa shape index (κ3) is 3.97. The standard InChI is InChI=1S/C17H11F3N2O2S/c18-13-4-5-14(16(20)15(13)19)22-17(23)10-2-1-3-12(6-10)24-7-11-8-25-9-21-11/h1-6,8-9H,7H2,(H,22,23). The van der Waals surface area contributed by atoms with Gasteiger partial charge in [-0.15, -0.1) is 11.3 Å².